The standard InChI is InChI=1S/C20H22N4O2/c1-2-23-17-5-3-4-6-18(17)24(20(23)26)13-19(25)22-10-14-7-8-15-11-21-12-16(15)9-14/h3-9,21H,2,10-13H2,1H3,(H,22,25). The Kier molecular flexibility index (Phi) is 4.34. The van der Waals surface area contributed by atoms with Gasteiger partial charge in [-0.3, -0.25) is 13.9 Å². The minimum absolute atomic E-state index is 0.0266. The monoisotopic (exact) mass is 350 g/mol. The van der Waals surface area contributed by atoms with Crippen molar-refractivity contribution < 1.29 is 4.79 Å². The van der Waals surface area contributed by atoms with Crippen LogP contribution in [0.5, 0.6) is 0 Å². The van der Waals surface area contributed by atoms with Gasteiger partial charge in [0.15, 0.2) is 0 Å². The van der Waals surface area contributed by atoms with Crippen LogP contribution in [0.4, 0.5) is 0 Å². The van der Waals surface area contributed by atoms with E-state index in [-0.39, 0.29) is 18.1 Å². The van der Waals surface area contributed by atoms with Gasteiger partial charge in [-0.15, -0.1) is 0 Å². The van der Waals surface area contributed by atoms with Crippen LogP contribution in [-0.4, -0.2) is 15.0 Å². The van der Waals surface area contributed by atoms with Crippen molar-refractivity contribution in [3.05, 3.63) is 69.6 Å². The normalized spacial score (nSPS) is 13.1. The molecule has 0 aliphatic carbocycles. The van der Waals surface area contributed by atoms with Gasteiger partial charge in [-0.05, 0) is 35.7 Å². The van der Waals surface area contributed by atoms with E-state index in [1.54, 1.807) is 9.13 Å². The summed E-state index contributed by atoms with van der Waals surface area (Å²) >= 11 is 0. The van der Waals surface area contributed by atoms with Crippen molar-refractivity contribution in [2.24, 2.45) is 0 Å². The summed E-state index contributed by atoms with van der Waals surface area (Å²) in [5.74, 6) is -0.162. The molecule has 0 spiro atoms. The van der Waals surface area contributed by atoms with E-state index in [4.69, 9.17) is 0 Å². The zero-order valence-electron chi connectivity index (χ0n) is 14.8. The molecule has 1 aliphatic rings. The molecule has 134 valence electrons. The molecular weight excluding hydrogens is 328 g/mol. The number of aromatic nitrogens is 2. The number of nitrogens with one attached hydrogen (secondary N) is 2. The summed E-state index contributed by atoms with van der Waals surface area (Å²) in [6.07, 6.45) is 0. The minimum Gasteiger partial charge on any atom is -0.350 e. The molecule has 1 aliphatic heterocycles. The van der Waals surface area contributed by atoms with Gasteiger partial charge in [0.05, 0.1) is 11.0 Å². The van der Waals surface area contributed by atoms with Crippen LogP contribution in [0.15, 0.2) is 47.3 Å². The first-order chi connectivity index (χ1) is 12.7. The third kappa shape index (κ3) is 2.93. The van der Waals surface area contributed by atoms with Gasteiger partial charge in [-0.1, -0.05) is 30.3 Å². The van der Waals surface area contributed by atoms with Crippen molar-refractivity contribution in [1.82, 2.24) is 19.8 Å². The number of amides is 1. The third-order valence-corrected chi connectivity index (χ3v) is 4.93. The van der Waals surface area contributed by atoms with E-state index in [1.165, 1.54) is 11.1 Å². The summed E-state index contributed by atoms with van der Waals surface area (Å²) in [6.45, 7) is 4.79. The zero-order chi connectivity index (χ0) is 18.1. The first-order valence-electron chi connectivity index (χ1n) is 8.93. The fourth-order valence-corrected chi connectivity index (χ4v) is 3.59. The van der Waals surface area contributed by atoms with Crippen LogP contribution in [-0.2, 0) is 37.5 Å². The van der Waals surface area contributed by atoms with Gasteiger partial charge in [-0.2, -0.15) is 0 Å². The SMILES string of the molecule is CCn1c(=O)n(CC(=O)NCc2ccc3c(c2)CNC3)c2ccccc21. The number of carbonyl (C=O) groups excluding carboxylic acids is 1. The van der Waals surface area contributed by atoms with E-state index >= 15 is 0 Å². The summed E-state index contributed by atoms with van der Waals surface area (Å²) in [4.78, 5) is 25.0. The van der Waals surface area contributed by atoms with E-state index in [0.717, 1.165) is 29.7 Å². The Bertz CT molecular complexity index is 1030. The van der Waals surface area contributed by atoms with E-state index < -0.39 is 0 Å². The van der Waals surface area contributed by atoms with Crippen molar-refractivity contribution >= 4 is 16.9 Å². The molecule has 0 saturated heterocycles. The van der Waals surface area contributed by atoms with Crippen LogP contribution in [0.1, 0.15) is 23.6 Å². The van der Waals surface area contributed by atoms with E-state index in [0.29, 0.717) is 13.1 Å². The average Bonchev–Trinajstić information content (AvgIpc) is 3.22. The molecule has 2 aromatic carbocycles. The molecule has 3 aromatic rings. The molecule has 6 nitrogen and oxygen atoms in total. The van der Waals surface area contributed by atoms with E-state index in [9.17, 15) is 9.59 Å². The molecule has 1 amide bonds. The van der Waals surface area contributed by atoms with Crippen LogP contribution in [0.3, 0.4) is 0 Å². The Balaban J connectivity index is 1.49. The predicted octanol–water partition coefficient (Wildman–Crippen LogP) is 1.74. The Labute approximate surface area is 151 Å². The molecule has 0 atom stereocenters. The number of nitrogens with zero attached hydrogens (tertiary/aromatic N) is 2. The summed E-state index contributed by atoms with van der Waals surface area (Å²) in [5, 5.41) is 6.25. The van der Waals surface area contributed by atoms with Crippen molar-refractivity contribution in [3.63, 3.8) is 0 Å². The number of hydrogen-bond acceptors (Lipinski definition) is 3. The Morgan fingerprint density at radius 1 is 1.08 bits per heavy atom. The molecule has 0 saturated carbocycles. The van der Waals surface area contributed by atoms with Gasteiger partial charge in [0, 0.05) is 26.2 Å². The summed E-state index contributed by atoms with van der Waals surface area (Å²) in [5.41, 5.74) is 5.19. The Morgan fingerprint density at radius 3 is 2.58 bits per heavy atom. The minimum atomic E-state index is -0.162. The van der Waals surface area contributed by atoms with Gasteiger partial charge < -0.3 is 10.6 Å². The predicted molar refractivity (Wildman–Crippen MR) is 101 cm³/mol. The van der Waals surface area contributed by atoms with E-state index in [2.05, 4.69) is 22.8 Å². The second-order valence-corrected chi connectivity index (χ2v) is 6.59. The third-order valence-electron chi connectivity index (χ3n) is 4.93. The van der Waals surface area contributed by atoms with Crippen molar-refractivity contribution in [1.29, 1.82) is 0 Å². The van der Waals surface area contributed by atoms with Crippen LogP contribution in [0.2, 0.25) is 0 Å². The van der Waals surface area contributed by atoms with E-state index in [1.807, 2.05) is 37.3 Å². The number of hydrogen-bond donors (Lipinski definition) is 2. The van der Waals surface area contributed by atoms with Gasteiger partial charge in [0.2, 0.25) is 5.91 Å². The van der Waals surface area contributed by atoms with Gasteiger partial charge in [0.1, 0.15) is 6.54 Å². The number of rotatable bonds is 5. The molecule has 0 radical (unpaired) electrons. The van der Waals surface area contributed by atoms with Gasteiger partial charge in [0.25, 0.3) is 0 Å². The molecule has 6 heteroatoms. The second-order valence-electron chi connectivity index (χ2n) is 6.59. The Morgan fingerprint density at radius 2 is 1.81 bits per heavy atom. The maximum Gasteiger partial charge on any atom is 0.329 e. The largest absolute Gasteiger partial charge is 0.350 e. The lowest BCUT2D eigenvalue weighted by molar-refractivity contribution is -0.121. The lowest BCUT2D eigenvalue weighted by Crippen LogP contribution is -2.32. The highest BCUT2D eigenvalue weighted by molar-refractivity contribution is 5.80. The summed E-state index contributed by atoms with van der Waals surface area (Å²) in [7, 11) is 0. The maximum atomic E-state index is 12.6. The quantitative estimate of drug-likeness (QED) is 0.737. The highest BCUT2D eigenvalue weighted by atomic mass is 16.2. The lowest BCUT2D eigenvalue weighted by Gasteiger charge is -2.08. The molecular formula is C20H22N4O2. The summed E-state index contributed by atoms with van der Waals surface area (Å²) < 4.78 is 3.23. The number of carbonyl (C=O) groups is 1. The molecule has 0 unspecified atom stereocenters. The summed E-state index contributed by atoms with van der Waals surface area (Å²) in [6, 6.07) is 13.9. The van der Waals surface area contributed by atoms with Crippen molar-refractivity contribution in [2.45, 2.75) is 39.6 Å². The van der Waals surface area contributed by atoms with Crippen LogP contribution in [0.25, 0.3) is 11.0 Å². The highest BCUT2D eigenvalue weighted by Gasteiger charge is 2.15. The average molecular weight is 350 g/mol. The first-order valence-corrected chi connectivity index (χ1v) is 8.93. The molecule has 0 fully saturated rings. The molecule has 26 heavy (non-hydrogen) atoms. The van der Waals surface area contributed by atoms with Crippen molar-refractivity contribution in [2.75, 3.05) is 0 Å². The fourth-order valence-electron chi connectivity index (χ4n) is 3.59. The number of imidazole rings is 1. The molecule has 1 aromatic heterocycles. The first kappa shape index (κ1) is 16.6. The highest BCUT2D eigenvalue weighted by Crippen LogP contribution is 2.17. The topological polar surface area (TPSA) is 68.1 Å². The fraction of sp³-hybridized carbons (Fsp3) is 0.300. The lowest BCUT2D eigenvalue weighted by atomic mass is 10.1. The van der Waals surface area contributed by atoms with Crippen LogP contribution >= 0.6 is 0 Å². The van der Waals surface area contributed by atoms with Gasteiger partial charge >= 0.3 is 5.69 Å². The zero-order valence-corrected chi connectivity index (χ0v) is 14.8. The van der Waals surface area contributed by atoms with Crippen LogP contribution < -0.4 is 16.3 Å². The van der Waals surface area contributed by atoms with Crippen LogP contribution in [0, 0.1) is 0 Å². The number of benzene rings is 2. The molecule has 2 N–H and O–H groups in total. The smallest absolute Gasteiger partial charge is 0.329 e. The maximum absolute atomic E-state index is 12.6. The van der Waals surface area contributed by atoms with Crippen molar-refractivity contribution in [3.8, 4) is 0 Å². The van der Waals surface area contributed by atoms with Gasteiger partial charge in [-0.25, -0.2) is 4.79 Å². The number of para-hydroxylation sites is 2. The molecule has 2 heterocycles. The Hall–Kier alpha value is -2.86. The molecule has 4 rings (SSSR count). The second kappa shape index (κ2) is 6.80. The number of fused-ring (bicyclic) bond motifs is 2. The molecule has 0 bridgehead atoms. The number of aryl methyl sites for hydroxylation is 1.